The molecule has 2 aromatic rings. The van der Waals surface area contributed by atoms with E-state index in [0.717, 1.165) is 4.90 Å². The Hall–Kier alpha value is -2.64. The standard InChI is InChI=1S/C20H21ClFN3O3/c21-15-2-1-3-18(12-15)28-14-20(27)25-10-8-24(9-11-25)13-19(26)23-17-6-4-16(22)5-7-17/h1-7,12H,8-11,13-14H2,(H,23,26)/p+1. The lowest BCUT2D eigenvalue weighted by atomic mass is 10.3. The summed E-state index contributed by atoms with van der Waals surface area (Å²) in [5.41, 5.74) is 0.567. The molecule has 2 amide bonds. The molecule has 0 spiro atoms. The number of anilines is 1. The molecule has 1 fully saturated rings. The summed E-state index contributed by atoms with van der Waals surface area (Å²) in [6.45, 7) is 2.76. The van der Waals surface area contributed by atoms with Crippen LogP contribution in [0, 0.1) is 5.82 Å². The predicted molar refractivity (Wildman–Crippen MR) is 104 cm³/mol. The first kappa shape index (κ1) is 20.1. The molecular formula is C20H22ClFN3O3+. The molecule has 28 heavy (non-hydrogen) atoms. The third-order valence-corrected chi connectivity index (χ3v) is 4.76. The number of piperazine rings is 1. The third-order valence-electron chi connectivity index (χ3n) is 4.52. The second kappa shape index (κ2) is 9.52. The van der Waals surface area contributed by atoms with Crippen molar-refractivity contribution in [3.8, 4) is 5.75 Å². The minimum Gasteiger partial charge on any atom is -0.484 e. The van der Waals surface area contributed by atoms with Crippen molar-refractivity contribution < 1.29 is 23.6 Å². The van der Waals surface area contributed by atoms with Crippen LogP contribution in [0.15, 0.2) is 48.5 Å². The first-order valence-electron chi connectivity index (χ1n) is 9.05. The summed E-state index contributed by atoms with van der Waals surface area (Å²) in [6, 6.07) is 12.6. The van der Waals surface area contributed by atoms with Gasteiger partial charge >= 0.3 is 0 Å². The Kier molecular flexibility index (Phi) is 6.84. The minimum absolute atomic E-state index is 0.0409. The van der Waals surface area contributed by atoms with Crippen molar-refractivity contribution in [2.75, 3.05) is 44.6 Å². The maximum absolute atomic E-state index is 12.9. The van der Waals surface area contributed by atoms with Crippen molar-refractivity contribution in [2.24, 2.45) is 0 Å². The number of nitrogens with one attached hydrogen (secondary N) is 2. The fourth-order valence-corrected chi connectivity index (χ4v) is 3.19. The van der Waals surface area contributed by atoms with Gasteiger partial charge in [0.1, 0.15) is 11.6 Å². The van der Waals surface area contributed by atoms with Crippen molar-refractivity contribution in [2.45, 2.75) is 0 Å². The van der Waals surface area contributed by atoms with Crippen LogP contribution in [0.4, 0.5) is 10.1 Å². The number of halogens is 2. The van der Waals surface area contributed by atoms with Crippen molar-refractivity contribution >= 4 is 29.1 Å². The van der Waals surface area contributed by atoms with Crippen LogP contribution in [-0.4, -0.2) is 56.0 Å². The fourth-order valence-electron chi connectivity index (χ4n) is 3.01. The Bertz CT molecular complexity index is 824. The van der Waals surface area contributed by atoms with Gasteiger partial charge in [0.15, 0.2) is 13.2 Å². The van der Waals surface area contributed by atoms with E-state index < -0.39 is 0 Å². The predicted octanol–water partition coefficient (Wildman–Crippen LogP) is 1.22. The normalized spacial score (nSPS) is 14.6. The van der Waals surface area contributed by atoms with Crippen molar-refractivity contribution in [1.29, 1.82) is 0 Å². The molecule has 1 heterocycles. The van der Waals surface area contributed by atoms with Crippen LogP contribution in [0.1, 0.15) is 0 Å². The molecule has 6 nitrogen and oxygen atoms in total. The summed E-state index contributed by atoms with van der Waals surface area (Å²) >= 11 is 5.90. The molecule has 0 aliphatic carbocycles. The maximum Gasteiger partial charge on any atom is 0.279 e. The van der Waals surface area contributed by atoms with Gasteiger partial charge in [-0.3, -0.25) is 9.59 Å². The summed E-state index contributed by atoms with van der Waals surface area (Å²) in [7, 11) is 0. The highest BCUT2D eigenvalue weighted by Gasteiger charge is 2.25. The molecule has 0 aromatic heterocycles. The van der Waals surface area contributed by atoms with E-state index in [2.05, 4.69) is 5.32 Å². The van der Waals surface area contributed by atoms with E-state index in [4.69, 9.17) is 16.3 Å². The molecule has 1 aliphatic heterocycles. The van der Waals surface area contributed by atoms with Crippen LogP contribution < -0.4 is 15.0 Å². The number of benzene rings is 2. The summed E-state index contributed by atoms with van der Waals surface area (Å²) in [4.78, 5) is 27.3. The third kappa shape index (κ3) is 5.94. The number of ether oxygens (including phenoxy) is 1. The topological polar surface area (TPSA) is 63.1 Å². The molecule has 1 saturated heterocycles. The van der Waals surface area contributed by atoms with Gasteiger partial charge < -0.3 is 19.9 Å². The van der Waals surface area contributed by atoms with Crippen LogP contribution in [0.25, 0.3) is 0 Å². The number of carbonyl (C=O) groups excluding carboxylic acids is 2. The van der Waals surface area contributed by atoms with Crippen LogP contribution >= 0.6 is 11.6 Å². The molecule has 1 aliphatic rings. The van der Waals surface area contributed by atoms with Gasteiger partial charge in [0.25, 0.3) is 11.8 Å². The van der Waals surface area contributed by atoms with Crippen LogP contribution in [-0.2, 0) is 9.59 Å². The molecule has 0 bridgehead atoms. The van der Waals surface area contributed by atoms with E-state index in [-0.39, 0.29) is 24.2 Å². The smallest absolute Gasteiger partial charge is 0.279 e. The number of rotatable bonds is 6. The van der Waals surface area contributed by atoms with Gasteiger partial charge in [-0.1, -0.05) is 17.7 Å². The zero-order chi connectivity index (χ0) is 19.9. The average Bonchev–Trinajstić information content (AvgIpc) is 2.68. The Morgan fingerprint density at radius 1 is 1.14 bits per heavy atom. The number of carbonyl (C=O) groups is 2. The first-order valence-corrected chi connectivity index (χ1v) is 9.42. The molecule has 8 heteroatoms. The lowest BCUT2D eigenvalue weighted by Gasteiger charge is -2.31. The number of nitrogens with zero attached hydrogens (tertiary/aromatic N) is 1. The van der Waals surface area contributed by atoms with E-state index in [0.29, 0.717) is 49.2 Å². The average molecular weight is 407 g/mol. The van der Waals surface area contributed by atoms with Gasteiger partial charge in [-0.05, 0) is 42.5 Å². The highest BCUT2D eigenvalue weighted by Crippen LogP contribution is 2.17. The van der Waals surface area contributed by atoms with Gasteiger partial charge in [-0.2, -0.15) is 0 Å². The summed E-state index contributed by atoms with van der Waals surface area (Å²) in [5.74, 6) is -0.00760. The van der Waals surface area contributed by atoms with Gasteiger partial charge in [0.05, 0.1) is 26.2 Å². The zero-order valence-electron chi connectivity index (χ0n) is 15.3. The summed E-state index contributed by atoms with van der Waals surface area (Å²) < 4.78 is 18.4. The zero-order valence-corrected chi connectivity index (χ0v) is 16.0. The monoisotopic (exact) mass is 406 g/mol. The van der Waals surface area contributed by atoms with E-state index in [1.54, 1.807) is 29.2 Å². The quantitative estimate of drug-likeness (QED) is 0.758. The second-order valence-electron chi connectivity index (χ2n) is 6.61. The Morgan fingerprint density at radius 3 is 2.54 bits per heavy atom. The van der Waals surface area contributed by atoms with Gasteiger partial charge in [-0.25, -0.2) is 4.39 Å². The van der Waals surface area contributed by atoms with E-state index in [1.807, 2.05) is 0 Å². The maximum atomic E-state index is 12.9. The highest BCUT2D eigenvalue weighted by molar-refractivity contribution is 6.30. The first-order chi connectivity index (χ1) is 13.5. The molecule has 2 aromatic carbocycles. The Balaban J connectivity index is 1.39. The molecule has 2 N–H and O–H groups in total. The molecular weight excluding hydrogens is 385 g/mol. The molecule has 3 rings (SSSR count). The molecule has 148 valence electrons. The van der Waals surface area contributed by atoms with Gasteiger partial charge in [-0.15, -0.1) is 0 Å². The number of hydrogen-bond donors (Lipinski definition) is 2. The van der Waals surface area contributed by atoms with E-state index in [9.17, 15) is 14.0 Å². The Morgan fingerprint density at radius 2 is 1.86 bits per heavy atom. The van der Waals surface area contributed by atoms with E-state index >= 15 is 0 Å². The van der Waals surface area contributed by atoms with Crippen LogP contribution in [0.3, 0.4) is 0 Å². The molecule has 0 unspecified atom stereocenters. The summed E-state index contributed by atoms with van der Waals surface area (Å²) in [5, 5.41) is 3.31. The van der Waals surface area contributed by atoms with Gasteiger partial charge in [0.2, 0.25) is 0 Å². The SMILES string of the molecule is O=C(C[NH+]1CCN(C(=O)COc2cccc(Cl)c2)CC1)Nc1ccc(F)cc1. The number of amides is 2. The molecule has 0 saturated carbocycles. The second-order valence-corrected chi connectivity index (χ2v) is 7.05. The molecule has 0 radical (unpaired) electrons. The number of quaternary nitrogens is 1. The lowest BCUT2D eigenvalue weighted by Crippen LogP contribution is -3.15. The van der Waals surface area contributed by atoms with Gasteiger partial charge in [0, 0.05) is 10.7 Å². The molecule has 0 atom stereocenters. The van der Waals surface area contributed by atoms with Crippen molar-refractivity contribution in [3.63, 3.8) is 0 Å². The summed E-state index contributed by atoms with van der Waals surface area (Å²) in [6.07, 6.45) is 0. The van der Waals surface area contributed by atoms with Crippen molar-refractivity contribution in [3.05, 3.63) is 59.4 Å². The lowest BCUT2D eigenvalue weighted by molar-refractivity contribution is -0.895. The van der Waals surface area contributed by atoms with Crippen LogP contribution in [0.2, 0.25) is 5.02 Å². The minimum atomic E-state index is -0.344. The highest BCUT2D eigenvalue weighted by atomic mass is 35.5. The van der Waals surface area contributed by atoms with Crippen LogP contribution in [0.5, 0.6) is 5.75 Å². The number of hydrogen-bond acceptors (Lipinski definition) is 3. The van der Waals surface area contributed by atoms with E-state index in [1.165, 1.54) is 24.3 Å². The Labute approximate surface area is 167 Å². The fraction of sp³-hybridized carbons (Fsp3) is 0.300. The largest absolute Gasteiger partial charge is 0.484 e. The van der Waals surface area contributed by atoms with Crippen molar-refractivity contribution in [1.82, 2.24) is 4.90 Å².